The second kappa shape index (κ2) is 10.4. The quantitative estimate of drug-likeness (QED) is 0.354. The molecule has 34 heavy (non-hydrogen) atoms. The van der Waals surface area contributed by atoms with Gasteiger partial charge in [-0.1, -0.05) is 43.3 Å². The summed E-state index contributed by atoms with van der Waals surface area (Å²) in [5.41, 5.74) is 6.18. The summed E-state index contributed by atoms with van der Waals surface area (Å²) in [5.74, 6) is -2.27. The molecule has 1 unspecified atom stereocenters. The van der Waals surface area contributed by atoms with E-state index in [-0.39, 0.29) is 22.5 Å². The molecule has 10 heteroatoms. The molecular formula is C24H24N2O7S. The van der Waals surface area contributed by atoms with Crippen LogP contribution in [-0.4, -0.2) is 37.7 Å². The van der Waals surface area contributed by atoms with Crippen LogP contribution in [0.5, 0.6) is 5.75 Å². The third kappa shape index (κ3) is 5.77. The molecule has 3 aromatic rings. The number of aliphatic carboxylic acids is 1. The summed E-state index contributed by atoms with van der Waals surface area (Å²) in [6.07, 6.45) is -0.620. The molecule has 0 aliphatic rings. The Labute approximate surface area is 196 Å². The van der Waals surface area contributed by atoms with Gasteiger partial charge in [-0.3, -0.25) is 9.59 Å². The molecule has 0 saturated heterocycles. The zero-order valence-corrected chi connectivity index (χ0v) is 19.1. The lowest BCUT2D eigenvalue weighted by atomic mass is 10.0. The van der Waals surface area contributed by atoms with Gasteiger partial charge in [0.05, 0.1) is 12.5 Å². The summed E-state index contributed by atoms with van der Waals surface area (Å²) >= 11 is 0. The van der Waals surface area contributed by atoms with Crippen LogP contribution in [0, 0.1) is 0 Å². The first kappa shape index (κ1) is 24.9. The van der Waals surface area contributed by atoms with Crippen molar-refractivity contribution in [1.29, 1.82) is 0 Å². The molecule has 0 bridgehead atoms. The molecule has 0 heterocycles. The SMILES string of the molecule is CCC(Oc1cc(C(N)=O)ccc1S(=O)(=O)N[C@H](C=O)CC(=O)O)c1ccc2ccccc2c1. The predicted molar refractivity (Wildman–Crippen MR) is 125 cm³/mol. The van der Waals surface area contributed by atoms with Crippen LogP contribution < -0.4 is 15.2 Å². The maximum Gasteiger partial charge on any atom is 0.305 e. The van der Waals surface area contributed by atoms with Crippen LogP contribution in [0.4, 0.5) is 0 Å². The predicted octanol–water partition coefficient (Wildman–Crippen LogP) is 2.79. The first-order chi connectivity index (χ1) is 16.1. The third-order valence-corrected chi connectivity index (χ3v) is 6.70. The van der Waals surface area contributed by atoms with E-state index >= 15 is 0 Å². The second-order valence-corrected chi connectivity index (χ2v) is 9.29. The number of nitrogens with one attached hydrogen (secondary N) is 1. The Bertz CT molecular complexity index is 1340. The van der Waals surface area contributed by atoms with Gasteiger partial charge in [0.15, 0.2) is 0 Å². The van der Waals surface area contributed by atoms with Crippen molar-refractivity contribution in [3.63, 3.8) is 0 Å². The number of nitrogens with two attached hydrogens (primary N) is 1. The largest absolute Gasteiger partial charge is 0.484 e. The van der Waals surface area contributed by atoms with Crippen molar-refractivity contribution >= 4 is 39.0 Å². The fraction of sp³-hybridized carbons (Fsp3) is 0.208. The monoisotopic (exact) mass is 484 g/mol. The molecule has 0 spiro atoms. The van der Waals surface area contributed by atoms with E-state index in [0.29, 0.717) is 6.42 Å². The van der Waals surface area contributed by atoms with E-state index in [1.165, 1.54) is 12.1 Å². The number of benzene rings is 3. The van der Waals surface area contributed by atoms with Crippen molar-refractivity contribution in [2.24, 2.45) is 5.73 Å². The molecule has 178 valence electrons. The number of primary amides is 1. The number of sulfonamides is 1. The smallest absolute Gasteiger partial charge is 0.305 e. The van der Waals surface area contributed by atoms with Crippen molar-refractivity contribution < 1.29 is 32.6 Å². The van der Waals surface area contributed by atoms with Crippen LogP contribution in [-0.2, 0) is 19.6 Å². The number of carboxylic acid groups (broad SMARTS) is 1. The van der Waals surface area contributed by atoms with Gasteiger partial charge in [0.25, 0.3) is 0 Å². The van der Waals surface area contributed by atoms with Crippen LogP contribution in [0.2, 0.25) is 0 Å². The molecule has 0 aliphatic carbocycles. The fourth-order valence-electron chi connectivity index (χ4n) is 3.49. The lowest BCUT2D eigenvalue weighted by Crippen LogP contribution is -2.37. The number of aldehydes is 1. The van der Waals surface area contributed by atoms with Crippen LogP contribution in [0.15, 0.2) is 65.6 Å². The van der Waals surface area contributed by atoms with E-state index in [0.717, 1.165) is 22.4 Å². The van der Waals surface area contributed by atoms with E-state index in [1.807, 2.05) is 49.4 Å². The Morgan fingerprint density at radius 2 is 1.79 bits per heavy atom. The topological polar surface area (TPSA) is 153 Å². The number of carbonyl (C=O) groups excluding carboxylic acids is 2. The maximum absolute atomic E-state index is 13.0. The molecule has 2 atom stereocenters. The molecule has 1 amide bonds. The summed E-state index contributed by atoms with van der Waals surface area (Å²) in [6, 6.07) is 15.6. The lowest BCUT2D eigenvalue weighted by Gasteiger charge is -2.22. The maximum atomic E-state index is 13.0. The molecule has 3 aromatic carbocycles. The highest BCUT2D eigenvalue weighted by molar-refractivity contribution is 7.89. The zero-order valence-electron chi connectivity index (χ0n) is 18.3. The molecule has 4 N–H and O–H groups in total. The standard InChI is InChI=1S/C24H24N2O7S/c1-2-20(17-8-7-15-5-3-4-6-16(15)11-17)33-21-12-18(24(25)30)9-10-22(21)34(31,32)26-19(14-27)13-23(28)29/h3-12,14,19-20,26H,2,13H2,1H3,(H2,25,30)(H,28,29)/t19-,20?/m0/s1. The highest BCUT2D eigenvalue weighted by Gasteiger charge is 2.27. The van der Waals surface area contributed by atoms with Crippen LogP contribution in [0.3, 0.4) is 0 Å². The summed E-state index contributed by atoms with van der Waals surface area (Å²) in [6.45, 7) is 1.86. The van der Waals surface area contributed by atoms with Crippen LogP contribution in [0.1, 0.15) is 41.8 Å². The fourth-order valence-corrected chi connectivity index (χ4v) is 4.78. The van der Waals surface area contributed by atoms with Gasteiger partial charge in [0.1, 0.15) is 23.0 Å². The first-order valence-corrected chi connectivity index (χ1v) is 11.9. The summed E-state index contributed by atoms with van der Waals surface area (Å²) in [4.78, 5) is 33.5. The van der Waals surface area contributed by atoms with Crippen molar-refractivity contribution in [2.45, 2.75) is 36.8 Å². The minimum Gasteiger partial charge on any atom is -0.484 e. The number of fused-ring (bicyclic) bond motifs is 1. The summed E-state index contributed by atoms with van der Waals surface area (Å²) < 4.78 is 34.1. The number of hydrogen-bond donors (Lipinski definition) is 3. The molecule has 0 aliphatic heterocycles. The number of carboxylic acids is 1. The Balaban J connectivity index is 2.02. The number of amides is 1. The lowest BCUT2D eigenvalue weighted by molar-refractivity contribution is -0.138. The van der Waals surface area contributed by atoms with Gasteiger partial charge in [-0.15, -0.1) is 0 Å². The molecule has 3 rings (SSSR count). The van der Waals surface area contributed by atoms with Crippen molar-refractivity contribution in [3.05, 3.63) is 71.8 Å². The average Bonchev–Trinajstić information content (AvgIpc) is 2.81. The van der Waals surface area contributed by atoms with Crippen molar-refractivity contribution in [3.8, 4) is 5.75 Å². The Morgan fingerprint density at radius 3 is 2.41 bits per heavy atom. The highest BCUT2D eigenvalue weighted by Crippen LogP contribution is 2.32. The van der Waals surface area contributed by atoms with Crippen molar-refractivity contribution in [1.82, 2.24) is 4.72 Å². The Hall–Kier alpha value is -3.76. The average molecular weight is 485 g/mol. The number of ether oxygens (including phenoxy) is 1. The van der Waals surface area contributed by atoms with E-state index in [1.54, 1.807) is 0 Å². The van der Waals surface area contributed by atoms with Gasteiger partial charge >= 0.3 is 5.97 Å². The number of carbonyl (C=O) groups is 3. The van der Waals surface area contributed by atoms with Gasteiger partial charge in [-0.2, -0.15) is 0 Å². The third-order valence-electron chi connectivity index (χ3n) is 5.17. The van der Waals surface area contributed by atoms with Crippen molar-refractivity contribution in [2.75, 3.05) is 0 Å². The van der Waals surface area contributed by atoms with E-state index in [9.17, 15) is 22.8 Å². The van der Waals surface area contributed by atoms with Crippen LogP contribution >= 0.6 is 0 Å². The number of hydrogen-bond acceptors (Lipinski definition) is 6. The number of rotatable bonds is 11. The summed E-state index contributed by atoms with van der Waals surface area (Å²) in [7, 11) is -4.38. The minimum absolute atomic E-state index is 0.0276. The minimum atomic E-state index is -4.38. The molecule has 9 nitrogen and oxygen atoms in total. The Morgan fingerprint density at radius 1 is 1.09 bits per heavy atom. The van der Waals surface area contributed by atoms with E-state index < -0.39 is 40.5 Å². The van der Waals surface area contributed by atoms with Gasteiger partial charge in [0.2, 0.25) is 15.9 Å². The first-order valence-electron chi connectivity index (χ1n) is 10.4. The second-order valence-electron chi connectivity index (χ2n) is 7.61. The normalized spacial score (nSPS) is 13.2. The van der Waals surface area contributed by atoms with E-state index in [2.05, 4.69) is 4.72 Å². The highest BCUT2D eigenvalue weighted by atomic mass is 32.2. The zero-order chi connectivity index (χ0) is 24.9. The van der Waals surface area contributed by atoms with E-state index in [4.69, 9.17) is 15.6 Å². The van der Waals surface area contributed by atoms with Gasteiger partial charge in [-0.05, 0) is 47.0 Å². The molecule has 0 aromatic heterocycles. The molecule has 0 fully saturated rings. The Kier molecular flexibility index (Phi) is 7.64. The molecule has 0 radical (unpaired) electrons. The van der Waals surface area contributed by atoms with Gasteiger partial charge in [0, 0.05) is 5.56 Å². The summed E-state index contributed by atoms with van der Waals surface area (Å²) in [5, 5.41) is 10.9. The van der Waals surface area contributed by atoms with Gasteiger partial charge in [-0.25, -0.2) is 13.1 Å². The van der Waals surface area contributed by atoms with Gasteiger partial charge < -0.3 is 20.4 Å². The molecule has 0 saturated carbocycles. The molecular weight excluding hydrogens is 460 g/mol. The van der Waals surface area contributed by atoms with Crippen LogP contribution in [0.25, 0.3) is 10.8 Å².